The van der Waals surface area contributed by atoms with Gasteiger partial charge in [0, 0.05) is 17.3 Å². The van der Waals surface area contributed by atoms with Crippen molar-refractivity contribution in [1.29, 1.82) is 0 Å². The van der Waals surface area contributed by atoms with Gasteiger partial charge in [-0.15, -0.1) is 12.4 Å². The largest absolute Gasteiger partial charge is 0.493 e. The van der Waals surface area contributed by atoms with Gasteiger partial charge in [0.25, 0.3) is 0 Å². The maximum Gasteiger partial charge on any atom is 0.241 e. The predicted octanol–water partition coefficient (Wildman–Crippen LogP) is 2.55. The van der Waals surface area contributed by atoms with Crippen molar-refractivity contribution < 1.29 is 13.2 Å². The maximum atomic E-state index is 12.5. The average Bonchev–Trinajstić information content (AvgIpc) is 2.52. The molecule has 7 heteroatoms. The van der Waals surface area contributed by atoms with E-state index in [1.807, 2.05) is 32.2 Å². The Labute approximate surface area is 143 Å². The van der Waals surface area contributed by atoms with Crippen LogP contribution in [0.2, 0.25) is 0 Å². The lowest BCUT2D eigenvalue weighted by molar-refractivity contribution is 0.344. The second kappa shape index (κ2) is 9.08. The normalized spacial score (nSPS) is 11.2. The molecule has 0 bridgehead atoms. The molecule has 0 aromatic heterocycles. The summed E-state index contributed by atoms with van der Waals surface area (Å²) in [6.45, 7) is 3.62. The van der Waals surface area contributed by atoms with Gasteiger partial charge in [0.1, 0.15) is 5.75 Å². The van der Waals surface area contributed by atoms with Crippen LogP contribution in [0.25, 0.3) is 10.8 Å². The number of fused-ring (bicyclic) bond motifs is 1. The second-order valence-corrected chi connectivity index (χ2v) is 6.63. The Bertz CT molecular complexity index is 735. The summed E-state index contributed by atoms with van der Waals surface area (Å²) in [6.07, 6.45) is 0.741. The molecule has 23 heavy (non-hydrogen) atoms. The van der Waals surface area contributed by atoms with Crippen LogP contribution in [-0.4, -0.2) is 35.2 Å². The summed E-state index contributed by atoms with van der Waals surface area (Å²) in [5.41, 5.74) is 0. The Morgan fingerprint density at radius 3 is 2.39 bits per heavy atom. The Kier molecular flexibility index (Phi) is 7.78. The lowest BCUT2D eigenvalue weighted by Crippen LogP contribution is -2.27. The molecule has 0 atom stereocenters. The molecule has 0 amide bonds. The quantitative estimate of drug-likeness (QED) is 0.712. The average molecular weight is 359 g/mol. The Hall–Kier alpha value is -1.34. The molecule has 128 valence electrons. The van der Waals surface area contributed by atoms with Crippen molar-refractivity contribution in [2.45, 2.75) is 18.2 Å². The fourth-order valence-corrected chi connectivity index (χ4v) is 3.59. The maximum absolute atomic E-state index is 12.5. The zero-order chi connectivity index (χ0) is 16.0. The molecular formula is C16H23ClN2O3S. The lowest BCUT2D eigenvalue weighted by Gasteiger charge is -2.12. The molecule has 0 fully saturated rings. The van der Waals surface area contributed by atoms with Crippen molar-refractivity contribution in [3.05, 3.63) is 36.4 Å². The van der Waals surface area contributed by atoms with E-state index < -0.39 is 10.0 Å². The summed E-state index contributed by atoms with van der Waals surface area (Å²) in [4.78, 5) is 0.288. The van der Waals surface area contributed by atoms with Gasteiger partial charge in [0.2, 0.25) is 10.0 Å². The minimum Gasteiger partial charge on any atom is -0.493 e. The van der Waals surface area contributed by atoms with Crippen molar-refractivity contribution in [2.75, 3.05) is 26.7 Å². The smallest absolute Gasteiger partial charge is 0.241 e. The third kappa shape index (κ3) is 4.81. The van der Waals surface area contributed by atoms with Gasteiger partial charge in [-0.3, -0.25) is 0 Å². The third-order valence-electron chi connectivity index (χ3n) is 3.33. The number of rotatable bonds is 8. The molecule has 0 heterocycles. The Morgan fingerprint density at radius 2 is 1.74 bits per heavy atom. The second-order valence-electron chi connectivity index (χ2n) is 4.90. The molecule has 0 spiro atoms. The summed E-state index contributed by atoms with van der Waals surface area (Å²) in [7, 11) is -1.69. The molecule has 2 aromatic rings. The summed E-state index contributed by atoms with van der Waals surface area (Å²) in [5, 5.41) is 4.48. The van der Waals surface area contributed by atoms with Crippen LogP contribution >= 0.6 is 12.4 Å². The Morgan fingerprint density at radius 1 is 1.04 bits per heavy atom. The van der Waals surface area contributed by atoms with Crippen LogP contribution in [-0.2, 0) is 10.0 Å². The van der Waals surface area contributed by atoms with E-state index in [0.717, 1.165) is 18.4 Å². The molecule has 5 nitrogen and oxygen atoms in total. The molecular weight excluding hydrogens is 336 g/mol. The van der Waals surface area contributed by atoms with E-state index >= 15 is 0 Å². The molecule has 2 aromatic carbocycles. The zero-order valence-electron chi connectivity index (χ0n) is 13.3. The van der Waals surface area contributed by atoms with Crippen molar-refractivity contribution in [3.63, 3.8) is 0 Å². The van der Waals surface area contributed by atoms with Gasteiger partial charge in [-0.2, -0.15) is 0 Å². The summed E-state index contributed by atoms with van der Waals surface area (Å²) in [6, 6.07) is 10.7. The van der Waals surface area contributed by atoms with E-state index in [4.69, 9.17) is 4.74 Å². The van der Waals surface area contributed by atoms with Gasteiger partial charge in [-0.25, -0.2) is 13.1 Å². The number of hydrogen-bond donors (Lipinski definition) is 2. The molecule has 0 unspecified atom stereocenters. The molecule has 0 aliphatic carbocycles. The molecule has 0 saturated heterocycles. The van der Waals surface area contributed by atoms with E-state index in [9.17, 15) is 8.42 Å². The number of sulfonamides is 1. The van der Waals surface area contributed by atoms with Crippen LogP contribution < -0.4 is 14.8 Å². The first-order valence-electron chi connectivity index (χ1n) is 7.39. The van der Waals surface area contributed by atoms with E-state index in [1.165, 1.54) is 0 Å². The van der Waals surface area contributed by atoms with Crippen LogP contribution in [0, 0.1) is 0 Å². The number of halogens is 1. The van der Waals surface area contributed by atoms with Gasteiger partial charge in [-0.1, -0.05) is 24.3 Å². The minimum absolute atomic E-state index is 0. The van der Waals surface area contributed by atoms with Crippen molar-refractivity contribution in [2.24, 2.45) is 0 Å². The van der Waals surface area contributed by atoms with Gasteiger partial charge in [0.05, 0.1) is 11.5 Å². The SMILES string of the molecule is CCOc1ccc(S(=O)(=O)NCCCNC)c2ccccc12.Cl. The first kappa shape index (κ1) is 19.7. The van der Waals surface area contributed by atoms with Gasteiger partial charge in [-0.05, 0) is 39.1 Å². The highest BCUT2D eigenvalue weighted by Gasteiger charge is 2.18. The van der Waals surface area contributed by atoms with E-state index in [2.05, 4.69) is 10.0 Å². The fourth-order valence-electron chi connectivity index (χ4n) is 2.31. The van der Waals surface area contributed by atoms with E-state index in [-0.39, 0.29) is 17.3 Å². The van der Waals surface area contributed by atoms with Gasteiger partial charge < -0.3 is 10.1 Å². The van der Waals surface area contributed by atoms with Crippen LogP contribution in [0.1, 0.15) is 13.3 Å². The molecule has 0 saturated carbocycles. The highest BCUT2D eigenvalue weighted by molar-refractivity contribution is 7.89. The van der Waals surface area contributed by atoms with E-state index in [1.54, 1.807) is 18.2 Å². The zero-order valence-corrected chi connectivity index (χ0v) is 15.0. The van der Waals surface area contributed by atoms with Crippen molar-refractivity contribution >= 4 is 33.2 Å². The third-order valence-corrected chi connectivity index (χ3v) is 4.85. The molecule has 2 rings (SSSR count). The number of hydrogen-bond acceptors (Lipinski definition) is 4. The Balaban J connectivity index is 0.00000264. The monoisotopic (exact) mass is 358 g/mol. The van der Waals surface area contributed by atoms with Crippen molar-refractivity contribution in [3.8, 4) is 5.75 Å². The standard InChI is InChI=1S/C16H22N2O3S.ClH/c1-3-21-15-9-10-16(14-8-5-4-7-13(14)15)22(19,20)18-12-6-11-17-2;/h4-5,7-10,17-18H,3,6,11-12H2,1-2H3;1H. The van der Waals surface area contributed by atoms with Crippen molar-refractivity contribution in [1.82, 2.24) is 10.0 Å². The van der Waals surface area contributed by atoms with Crippen LogP contribution in [0.15, 0.2) is 41.3 Å². The first-order chi connectivity index (χ1) is 10.6. The van der Waals surface area contributed by atoms with Crippen LogP contribution in [0.4, 0.5) is 0 Å². The van der Waals surface area contributed by atoms with Crippen LogP contribution in [0.5, 0.6) is 5.75 Å². The number of ether oxygens (including phenoxy) is 1. The highest BCUT2D eigenvalue weighted by Crippen LogP contribution is 2.30. The first-order valence-corrected chi connectivity index (χ1v) is 8.87. The molecule has 0 radical (unpaired) electrons. The summed E-state index contributed by atoms with van der Waals surface area (Å²) >= 11 is 0. The topological polar surface area (TPSA) is 67.4 Å². The number of nitrogens with one attached hydrogen (secondary N) is 2. The lowest BCUT2D eigenvalue weighted by atomic mass is 10.1. The highest BCUT2D eigenvalue weighted by atomic mass is 35.5. The predicted molar refractivity (Wildman–Crippen MR) is 96.1 cm³/mol. The van der Waals surface area contributed by atoms with Crippen LogP contribution in [0.3, 0.4) is 0 Å². The summed E-state index contributed by atoms with van der Waals surface area (Å²) < 4.78 is 33.2. The molecule has 0 aliphatic rings. The minimum atomic E-state index is -3.53. The summed E-state index contributed by atoms with van der Waals surface area (Å²) in [5.74, 6) is 0.701. The number of benzene rings is 2. The van der Waals surface area contributed by atoms with E-state index in [0.29, 0.717) is 24.3 Å². The fraction of sp³-hybridized carbons (Fsp3) is 0.375. The van der Waals surface area contributed by atoms with Gasteiger partial charge >= 0.3 is 0 Å². The molecule has 0 aliphatic heterocycles. The van der Waals surface area contributed by atoms with Gasteiger partial charge in [0.15, 0.2) is 0 Å². The molecule has 2 N–H and O–H groups in total.